The SMILES string of the molecule is Cc1nc(OCC(F)(F)F)cnc1C(=O)Nc1cc(F)c(F)c([C@]2(C)N=C(N)S[C@@]3(CF)C[C@H]32)c1. The van der Waals surface area contributed by atoms with Gasteiger partial charge in [-0.2, -0.15) is 13.2 Å². The Bertz CT molecular complexity index is 1230. The summed E-state index contributed by atoms with van der Waals surface area (Å²) < 4.78 is 83.6. The lowest BCUT2D eigenvalue weighted by Crippen LogP contribution is -2.37. The molecule has 1 aromatic carbocycles. The molecule has 4 rings (SSSR count). The monoisotopic (exact) mass is 519 g/mol. The number of carbonyl (C=O) groups excluding carboxylic acids is 1. The zero-order valence-electron chi connectivity index (χ0n) is 18.3. The molecule has 0 radical (unpaired) electrons. The first-order chi connectivity index (χ1) is 16.3. The maximum atomic E-state index is 14.9. The number of amidine groups is 1. The molecule has 1 fully saturated rings. The third-order valence-electron chi connectivity index (χ3n) is 5.93. The first-order valence-corrected chi connectivity index (χ1v) is 11.0. The second kappa shape index (κ2) is 8.57. The Morgan fingerprint density at radius 3 is 2.69 bits per heavy atom. The van der Waals surface area contributed by atoms with E-state index in [0.717, 1.165) is 24.0 Å². The second-order valence-electron chi connectivity index (χ2n) is 8.47. The number of rotatable bonds is 6. The Morgan fingerprint density at radius 2 is 2.06 bits per heavy atom. The van der Waals surface area contributed by atoms with Crippen LogP contribution in [0, 0.1) is 24.5 Å². The summed E-state index contributed by atoms with van der Waals surface area (Å²) in [6, 6.07) is 1.94. The summed E-state index contributed by atoms with van der Waals surface area (Å²) in [5.74, 6) is -4.21. The van der Waals surface area contributed by atoms with Gasteiger partial charge >= 0.3 is 6.18 Å². The van der Waals surface area contributed by atoms with E-state index in [1.807, 2.05) is 0 Å². The lowest BCUT2D eigenvalue weighted by molar-refractivity contribution is -0.154. The van der Waals surface area contributed by atoms with E-state index in [-0.39, 0.29) is 27.8 Å². The summed E-state index contributed by atoms with van der Waals surface area (Å²) in [5, 5.41) is 2.42. The fourth-order valence-electron chi connectivity index (χ4n) is 4.20. The van der Waals surface area contributed by atoms with E-state index in [2.05, 4.69) is 25.0 Å². The van der Waals surface area contributed by atoms with E-state index in [0.29, 0.717) is 6.42 Å². The summed E-state index contributed by atoms with van der Waals surface area (Å²) in [7, 11) is 0. The third kappa shape index (κ3) is 4.75. The van der Waals surface area contributed by atoms with Gasteiger partial charge in [0.2, 0.25) is 5.88 Å². The molecule has 2 aromatic rings. The van der Waals surface area contributed by atoms with Crippen molar-refractivity contribution in [3.8, 4) is 5.88 Å². The van der Waals surface area contributed by atoms with Gasteiger partial charge in [0.1, 0.15) is 12.4 Å². The van der Waals surface area contributed by atoms with E-state index >= 15 is 0 Å². The number of ether oxygens (including phenoxy) is 1. The molecular formula is C21H19F6N5O2S. The highest BCUT2D eigenvalue weighted by Crippen LogP contribution is 2.66. The van der Waals surface area contributed by atoms with Crippen LogP contribution in [0.15, 0.2) is 23.3 Å². The van der Waals surface area contributed by atoms with Crippen molar-refractivity contribution in [3.05, 3.63) is 46.9 Å². The molecule has 2 aliphatic rings. The van der Waals surface area contributed by atoms with Gasteiger partial charge in [-0.15, -0.1) is 0 Å². The number of aryl methyl sites for hydroxylation is 1. The molecule has 0 spiro atoms. The minimum atomic E-state index is -4.58. The lowest BCUT2D eigenvalue weighted by atomic mass is 9.85. The van der Waals surface area contributed by atoms with Gasteiger partial charge in [-0.05, 0) is 26.3 Å². The van der Waals surface area contributed by atoms with Gasteiger partial charge in [0.25, 0.3) is 5.91 Å². The van der Waals surface area contributed by atoms with Crippen LogP contribution in [0.5, 0.6) is 5.88 Å². The fourth-order valence-corrected chi connectivity index (χ4v) is 5.53. The van der Waals surface area contributed by atoms with Gasteiger partial charge in [-0.3, -0.25) is 9.79 Å². The van der Waals surface area contributed by atoms with Crippen LogP contribution in [0.1, 0.15) is 35.1 Å². The Hall–Kier alpha value is -3.03. The van der Waals surface area contributed by atoms with Gasteiger partial charge in [-0.1, -0.05) is 11.8 Å². The van der Waals surface area contributed by atoms with Crippen molar-refractivity contribution in [2.75, 3.05) is 18.6 Å². The number of benzene rings is 1. The van der Waals surface area contributed by atoms with Crippen molar-refractivity contribution < 1.29 is 35.9 Å². The van der Waals surface area contributed by atoms with Crippen LogP contribution < -0.4 is 15.8 Å². The molecule has 2 heterocycles. The number of thioether (sulfide) groups is 1. The predicted molar refractivity (Wildman–Crippen MR) is 116 cm³/mol. The van der Waals surface area contributed by atoms with E-state index in [1.165, 1.54) is 19.9 Å². The van der Waals surface area contributed by atoms with Crippen LogP contribution in [-0.4, -0.2) is 45.2 Å². The molecular weight excluding hydrogens is 500 g/mol. The highest BCUT2D eigenvalue weighted by Gasteiger charge is 2.67. The molecule has 0 bridgehead atoms. The number of fused-ring (bicyclic) bond motifs is 1. The first kappa shape index (κ1) is 25.1. The van der Waals surface area contributed by atoms with Gasteiger partial charge < -0.3 is 15.8 Å². The van der Waals surface area contributed by atoms with Gasteiger partial charge in [-0.25, -0.2) is 23.1 Å². The number of hydrogen-bond donors (Lipinski definition) is 2. The number of anilines is 1. The quantitative estimate of drug-likeness (QED) is 0.553. The van der Waals surface area contributed by atoms with Crippen molar-refractivity contribution in [2.45, 2.75) is 36.7 Å². The van der Waals surface area contributed by atoms with Crippen LogP contribution in [0.25, 0.3) is 0 Å². The molecule has 188 valence electrons. The predicted octanol–water partition coefficient (Wildman–Crippen LogP) is 4.26. The molecule has 1 amide bonds. The van der Waals surface area contributed by atoms with Crippen molar-refractivity contribution in [3.63, 3.8) is 0 Å². The topological polar surface area (TPSA) is 102 Å². The van der Waals surface area contributed by atoms with Crippen molar-refractivity contribution in [2.24, 2.45) is 16.6 Å². The normalized spacial score (nSPS) is 25.5. The summed E-state index contributed by atoms with van der Waals surface area (Å²) in [6.07, 6.45) is -3.38. The van der Waals surface area contributed by atoms with Crippen molar-refractivity contribution in [1.82, 2.24) is 9.97 Å². The number of aliphatic imine (C=N–C) groups is 1. The number of hydrogen-bond acceptors (Lipinski definition) is 7. The van der Waals surface area contributed by atoms with Gasteiger partial charge in [0, 0.05) is 23.2 Å². The third-order valence-corrected chi connectivity index (χ3v) is 7.20. The molecule has 3 atom stereocenters. The summed E-state index contributed by atoms with van der Waals surface area (Å²) in [4.78, 5) is 24.5. The Kier molecular flexibility index (Phi) is 6.14. The molecule has 1 aromatic heterocycles. The first-order valence-electron chi connectivity index (χ1n) is 10.2. The second-order valence-corrected chi connectivity index (χ2v) is 9.91. The van der Waals surface area contributed by atoms with E-state index in [4.69, 9.17) is 5.73 Å². The lowest BCUT2D eigenvalue weighted by Gasteiger charge is -2.33. The molecule has 0 unspecified atom stereocenters. The summed E-state index contributed by atoms with van der Waals surface area (Å²) >= 11 is 1.07. The fraction of sp³-hybridized carbons (Fsp3) is 0.429. The van der Waals surface area contributed by atoms with Crippen molar-refractivity contribution in [1.29, 1.82) is 0 Å². The van der Waals surface area contributed by atoms with E-state index in [9.17, 15) is 31.1 Å². The molecule has 35 heavy (non-hydrogen) atoms. The van der Waals surface area contributed by atoms with Crippen LogP contribution in [0.4, 0.5) is 32.0 Å². The maximum absolute atomic E-state index is 14.9. The maximum Gasteiger partial charge on any atom is 0.422 e. The largest absolute Gasteiger partial charge is 0.467 e. The molecule has 1 aliphatic heterocycles. The highest BCUT2D eigenvalue weighted by atomic mass is 32.2. The molecule has 0 saturated heterocycles. The van der Waals surface area contributed by atoms with E-state index in [1.54, 1.807) is 0 Å². The van der Waals surface area contributed by atoms with Gasteiger partial charge in [0.15, 0.2) is 23.4 Å². The van der Waals surface area contributed by atoms with Crippen LogP contribution in [0.2, 0.25) is 0 Å². The number of aromatic nitrogens is 2. The van der Waals surface area contributed by atoms with Crippen LogP contribution >= 0.6 is 11.8 Å². The Morgan fingerprint density at radius 1 is 1.34 bits per heavy atom. The zero-order valence-corrected chi connectivity index (χ0v) is 19.2. The average molecular weight is 519 g/mol. The number of carbonyl (C=O) groups is 1. The number of alkyl halides is 4. The van der Waals surface area contributed by atoms with Gasteiger partial charge in [0.05, 0.1) is 22.2 Å². The number of nitrogens with two attached hydrogens (primary N) is 1. The Balaban J connectivity index is 1.60. The number of halogens is 6. The molecule has 7 nitrogen and oxygen atoms in total. The zero-order chi connectivity index (χ0) is 25.8. The summed E-state index contributed by atoms with van der Waals surface area (Å²) in [5.41, 5.74) is 3.84. The molecule has 1 aliphatic carbocycles. The molecule has 3 N–H and O–H groups in total. The highest BCUT2D eigenvalue weighted by molar-refractivity contribution is 8.15. The number of nitrogens with zero attached hydrogens (tertiary/aromatic N) is 3. The number of amides is 1. The van der Waals surface area contributed by atoms with Crippen molar-refractivity contribution >= 4 is 28.5 Å². The summed E-state index contributed by atoms with van der Waals surface area (Å²) in [6.45, 7) is 0.551. The van der Waals surface area contributed by atoms with E-state index < -0.39 is 59.1 Å². The molecule has 1 saturated carbocycles. The average Bonchev–Trinajstić information content (AvgIpc) is 3.50. The molecule has 14 heteroatoms. The Labute approximate surface area is 199 Å². The smallest absolute Gasteiger partial charge is 0.422 e. The minimum Gasteiger partial charge on any atom is -0.467 e. The van der Waals surface area contributed by atoms with Crippen LogP contribution in [0.3, 0.4) is 0 Å². The number of nitrogens with one attached hydrogen (secondary N) is 1. The van der Waals surface area contributed by atoms with Crippen LogP contribution in [-0.2, 0) is 5.54 Å². The minimum absolute atomic E-state index is 0.0480. The standard InChI is InChI=1S/C21H19F6N5O2S/c1-9-16(29-6-14(30-9)34-8-21(25,26)27)17(33)31-10-3-11(15(24)12(23)4-10)19(2)13-5-20(13,7-22)35-18(28)32-19/h3-4,6,13H,5,7-8H2,1-2H3,(H2,28,32)(H,31,33)/t13-,19-,20+/m0/s1.